The first-order valence-electron chi connectivity index (χ1n) is 6.84. The third-order valence-corrected chi connectivity index (χ3v) is 5.20. The van der Waals surface area contributed by atoms with Gasteiger partial charge < -0.3 is 10.2 Å². The maximum atomic E-state index is 11.5. The van der Waals surface area contributed by atoms with Crippen LogP contribution in [0.4, 0.5) is 5.69 Å². The van der Waals surface area contributed by atoms with Crippen molar-refractivity contribution in [2.75, 3.05) is 36.5 Å². The van der Waals surface area contributed by atoms with Crippen LogP contribution in [0.1, 0.15) is 12.5 Å². The number of nitrogens with one attached hydrogen (secondary N) is 1. The van der Waals surface area contributed by atoms with Crippen molar-refractivity contribution >= 4 is 45.5 Å². The van der Waals surface area contributed by atoms with E-state index >= 15 is 0 Å². The van der Waals surface area contributed by atoms with Crippen LogP contribution in [0.3, 0.4) is 0 Å². The Labute approximate surface area is 143 Å². The minimum atomic E-state index is -2.94. The van der Waals surface area contributed by atoms with Crippen molar-refractivity contribution in [2.24, 2.45) is 4.99 Å². The Morgan fingerprint density at radius 2 is 2.10 bits per heavy atom. The molecule has 21 heavy (non-hydrogen) atoms. The summed E-state index contributed by atoms with van der Waals surface area (Å²) >= 11 is 0. The van der Waals surface area contributed by atoms with Crippen molar-refractivity contribution in [3.8, 4) is 0 Å². The number of anilines is 1. The number of hydrogen-bond acceptors (Lipinski definition) is 3. The van der Waals surface area contributed by atoms with Crippen LogP contribution in [-0.2, 0) is 16.3 Å². The van der Waals surface area contributed by atoms with Gasteiger partial charge in [0.15, 0.2) is 15.8 Å². The lowest BCUT2D eigenvalue weighted by atomic mass is 10.2. The predicted octanol–water partition coefficient (Wildman–Crippen LogP) is 1.68. The molecule has 0 unspecified atom stereocenters. The highest BCUT2D eigenvalue weighted by atomic mass is 127. The number of hydrogen-bond donors (Lipinski definition) is 1. The van der Waals surface area contributed by atoms with Gasteiger partial charge in [-0.1, -0.05) is 25.1 Å². The molecule has 0 aromatic heterocycles. The van der Waals surface area contributed by atoms with Gasteiger partial charge in [-0.3, -0.25) is 4.99 Å². The molecule has 1 N–H and O–H groups in total. The molecule has 0 saturated carbocycles. The first-order valence-corrected chi connectivity index (χ1v) is 8.66. The molecule has 0 atom stereocenters. The van der Waals surface area contributed by atoms with Gasteiger partial charge in [0.05, 0.1) is 5.75 Å². The zero-order valence-electron chi connectivity index (χ0n) is 12.4. The number of fused-ring (bicyclic) bond motifs is 1. The molecule has 0 bridgehead atoms. The van der Waals surface area contributed by atoms with Crippen LogP contribution >= 0.6 is 24.0 Å². The van der Waals surface area contributed by atoms with Crippen molar-refractivity contribution in [2.45, 2.75) is 13.3 Å². The van der Waals surface area contributed by atoms with E-state index in [0.29, 0.717) is 6.54 Å². The molecule has 0 fully saturated rings. The lowest BCUT2D eigenvalue weighted by Crippen LogP contribution is -2.42. The molecule has 1 aromatic rings. The second kappa shape index (κ2) is 7.98. The van der Waals surface area contributed by atoms with Gasteiger partial charge in [0.2, 0.25) is 0 Å². The Balaban J connectivity index is 0.00000220. The number of rotatable bonds is 4. The van der Waals surface area contributed by atoms with Crippen LogP contribution in [0.5, 0.6) is 0 Å². The zero-order valence-corrected chi connectivity index (χ0v) is 15.5. The van der Waals surface area contributed by atoms with E-state index in [1.165, 1.54) is 5.56 Å². The topological polar surface area (TPSA) is 61.8 Å². The molecule has 0 aliphatic carbocycles. The smallest absolute Gasteiger partial charge is 0.198 e. The molecule has 0 spiro atoms. The molecule has 1 heterocycles. The Bertz CT molecular complexity index is 602. The van der Waals surface area contributed by atoms with Crippen LogP contribution in [0.15, 0.2) is 29.3 Å². The van der Waals surface area contributed by atoms with Crippen LogP contribution < -0.4 is 10.2 Å². The number of nitrogens with zero attached hydrogens (tertiary/aromatic N) is 2. The molecule has 0 radical (unpaired) electrons. The lowest BCUT2D eigenvalue weighted by Gasteiger charge is -2.22. The van der Waals surface area contributed by atoms with Crippen LogP contribution in [0, 0.1) is 0 Å². The maximum Gasteiger partial charge on any atom is 0.198 e. The van der Waals surface area contributed by atoms with Crippen LogP contribution in [0.2, 0.25) is 0 Å². The minimum absolute atomic E-state index is 0. The Hall–Kier alpha value is -0.830. The fraction of sp³-hybridized carbons (Fsp3) is 0.500. The summed E-state index contributed by atoms with van der Waals surface area (Å²) in [4.78, 5) is 6.36. The lowest BCUT2D eigenvalue weighted by molar-refractivity contribution is 0.596. The van der Waals surface area contributed by atoms with Crippen LogP contribution in [0.25, 0.3) is 0 Å². The van der Waals surface area contributed by atoms with E-state index in [2.05, 4.69) is 27.3 Å². The molecular formula is C14H22IN3O2S. The van der Waals surface area contributed by atoms with E-state index in [9.17, 15) is 8.42 Å². The average Bonchev–Trinajstić information content (AvgIpc) is 2.87. The van der Waals surface area contributed by atoms with E-state index in [0.717, 1.165) is 24.6 Å². The second-order valence-corrected chi connectivity index (χ2v) is 7.21. The Morgan fingerprint density at radius 1 is 1.38 bits per heavy atom. The normalized spacial score (nSPS) is 14.6. The molecule has 5 nitrogen and oxygen atoms in total. The summed E-state index contributed by atoms with van der Waals surface area (Å²) in [5.41, 5.74) is 2.45. The standard InChI is InChI=1S/C14H21N3O2S.HI/c1-3-20(18,19)11-9-16-14(15-2)17-10-8-12-6-4-5-7-13(12)17;/h4-7H,3,8-11H2,1-2H3,(H,15,16);1H. The second-order valence-electron chi connectivity index (χ2n) is 4.74. The fourth-order valence-corrected chi connectivity index (χ4v) is 3.02. The van der Waals surface area contributed by atoms with E-state index in [4.69, 9.17) is 0 Å². The number of para-hydroxylation sites is 1. The number of sulfone groups is 1. The van der Waals surface area contributed by atoms with Gasteiger partial charge in [0.25, 0.3) is 0 Å². The molecular weight excluding hydrogens is 401 g/mol. The van der Waals surface area contributed by atoms with Crippen molar-refractivity contribution < 1.29 is 8.42 Å². The fourth-order valence-electron chi connectivity index (χ4n) is 2.32. The summed E-state index contributed by atoms with van der Waals surface area (Å²) < 4.78 is 23.0. The highest BCUT2D eigenvalue weighted by molar-refractivity contribution is 14.0. The van der Waals surface area contributed by atoms with E-state index in [1.54, 1.807) is 14.0 Å². The summed E-state index contributed by atoms with van der Waals surface area (Å²) in [6.45, 7) is 2.93. The summed E-state index contributed by atoms with van der Waals surface area (Å²) in [5.74, 6) is 1.05. The quantitative estimate of drug-likeness (QED) is 0.455. The molecule has 1 aliphatic rings. The van der Waals surface area contributed by atoms with E-state index in [-0.39, 0.29) is 35.5 Å². The number of halogens is 1. The molecule has 7 heteroatoms. The van der Waals surface area contributed by atoms with Gasteiger partial charge in [-0.2, -0.15) is 0 Å². The molecule has 1 aliphatic heterocycles. The summed E-state index contributed by atoms with van der Waals surface area (Å²) in [7, 11) is -1.22. The van der Waals surface area contributed by atoms with Gasteiger partial charge >= 0.3 is 0 Å². The van der Waals surface area contributed by atoms with Crippen molar-refractivity contribution in [1.82, 2.24) is 5.32 Å². The molecule has 1 aromatic carbocycles. The molecule has 2 rings (SSSR count). The van der Waals surface area contributed by atoms with Gasteiger partial charge in [-0.25, -0.2) is 8.42 Å². The average molecular weight is 423 g/mol. The predicted molar refractivity (Wildman–Crippen MR) is 98.6 cm³/mol. The van der Waals surface area contributed by atoms with E-state index < -0.39 is 9.84 Å². The number of aliphatic imine (C=N–C) groups is 1. The minimum Gasteiger partial charge on any atom is -0.355 e. The Kier molecular flexibility index (Phi) is 6.92. The van der Waals surface area contributed by atoms with Crippen molar-refractivity contribution in [1.29, 1.82) is 0 Å². The van der Waals surface area contributed by atoms with E-state index in [1.807, 2.05) is 12.1 Å². The number of guanidine groups is 1. The number of benzene rings is 1. The summed E-state index contributed by atoms with van der Waals surface area (Å²) in [6.07, 6.45) is 0.990. The SMILES string of the molecule is CCS(=O)(=O)CCNC(=NC)N1CCc2ccccc21.I. The van der Waals surface area contributed by atoms with Crippen molar-refractivity contribution in [3.63, 3.8) is 0 Å². The summed E-state index contributed by atoms with van der Waals surface area (Å²) in [5, 5.41) is 3.14. The maximum absolute atomic E-state index is 11.5. The van der Waals surface area contributed by atoms with Crippen molar-refractivity contribution in [3.05, 3.63) is 29.8 Å². The summed E-state index contributed by atoms with van der Waals surface area (Å²) in [6, 6.07) is 8.22. The zero-order chi connectivity index (χ0) is 14.6. The molecule has 0 saturated heterocycles. The third kappa shape index (κ3) is 4.57. The largest absolute Gasteiger partial charge is 0.355 e. The van der Waals surface area contributed by atoms with Gasteiger partial charge in [0, 0.05) is 31.6 Å². The van der Waals surface area contributed by atoms with Crippen LogP contribution in [-0.4, -0.2) is 46.0 Å². The van der Waals surface area contributed by atoms with Gasteiger partial charge in [-0.05, 0) is 18.1 Å². The Morgan fingerprint density at radius 3 is 2.76 bits per heavy atom. The highest BCUT2D eigenvalue weighted by Gasteiger charge is 2.22. The first-order chi connectivity index (χ1) is 9.57. The highest BCUT2D eigenvalue weighted by Crippen LogP contribution is 2.27. The third-order valence-electron chi connectivity index (χ3n) is 3.49. The van der Waals surface area contributed by atoms with Gasteiger partial charge in [-0.15, -0.1) is 24.0 Å². The first kappa shape index (κ1) is 18.2. The van der Waals surface area contributed by atoms with Gasteiger partial charge in [0.1, 0.15) is 0 Å². The molecule has 0 amide bonds. The monoisotopic (exact) mass is 423 g/mol. The molecule has 118 valence electrons.